The van der Waals surface area contributed by atoms with Crippen molar-refractivity contribution in [3.05, 3.63) is 36.0 Å². The lowest BCUT2D eigenvalue weighted by Crippen LogP contribution is -2.43. The van der Waals surface area contributed by atoms with Gasteiger partial charge in [-0.3, -0.25) is 4.79 Å². The Morgan fingerprint density at radius 3 is 2.45 bits per heavy atom. The van der Waals surface area contributed by atoms with Crippen molar-refractivity contribution in [2.45, 2.75) is 38.9 Å². The maximum absolute atomic E-state index is 10.7. The van der Waals surface area contributed by atoms with Gasteiger partial charge >= 0.3 is 0 Å². The summed E-state index contributed by atoms with van der Waals surface area (Å²) in [6.07, 6.45) is 0.763. The van der Waals surface area contributed by atoms with Crippen LogP contribution in [0.25, 0.3) is 10.9 Å². The smallest absolute Gasteiger partial charge is 0.250 e. The lowest BCUT2D eigenvalue weighted by molar-refractivity contribution is 0.111. The summed E-state index contributed by atoms with van der Waals surface area (Å²) >= 11 is 0. The van der Waals surface area contributed by atoms with E-state index < -0.39 is 8.32 Å². The Balaban J connectivity index is 2.35. The number of rotatable bonds is 3. The summed E-state index contributed by atoms with van der Waals surface area (Å²) < 4.78 is 6.27. The van der Waals surface area contributed by atoms with Gasteiger partial charge in [-0.15, -0.1) is 0 Å². The van der Waals surface area contributed by atoms with E-state index in [1.807, 2.05) is 24.3 Å². The minimum Gasteiger partial charge on any atom is -0.543 e. The number of hydrogen-bond acceptors (Lipinski definition) is 3. The van der Waals surface area contributed by atoms with Crippen LogP contribution < -0.4 is 4.43 Å². The molecule has 0 saturated heterocycles. The molecule has 3 nitrogen and oxygen atoms in total. The number of fused-ring (bicyclic) bond motifs is 1. The van der Waals surface area contributed by atoms with Crippen molar-refractivity contribution in [1.29, 1.82) is 0 Å². The van der Waals surface area contributed by atoms with E-state index in [-0.39, 0.29) is 5.04 Å². The molecule has 0 N–H and O–H groups in total. The molecule has 20 heavy (non-hydrogen) atoms. The second-order valence-electron chi connectivity index (χ2n) is 6.57. The largest absolute Gasteiger partial charge is 0.543 e. The highest BCUT2D eigenvalue weighted by Crippen LogP contribution is 2.37. The van der Waals surface area contributed by atoms with Gasteiger partial charge in [-0.1, -0.05) is 26.8 Å². The fraction of sp³-hybridized carbons (Fsp3) is 0.375. The monoisotopic (exact) mass is 287 g/mol. The van der Waals surface area contributed by atoms with E-state index in [1.165, 1.54) is 0 Å². The Hall–Kier alpha value is -1.68. The number of nitrogens with zero attached hydrogens (tertiary/aromatic N) is 1. The number of aldehydes is 1. The molecule has 106 valence electrons. The molecule has 2 rings (SSSR count). The van der Waals surface area contributed by atoms with Crippen molar-refractivity contribution < 1.29 is 9.22 Å². The first-order valence-electron chi connectivity index (χ1n) is 6.78. The molecular formula is C16H21NO2Si. The number of pyridine rings is 1. The van der Waals surface area contributed by atoms with Crippen LogP contribution in [-0.4, -0.2) is 19.6 Å². The molecule has 0 bridgehead atoms. The van der Waals surface area contributed by atoms with Gasteiger partial charge in [-0.2, -0.15) is 0 Å². The molecule has 0 unspecified atom stereocenters. The van der Waals surface area contributed by atoms with E-state index in [0.29, 0.717) is 5.69 Å². The Morgan fingerprint density at radius 2 is 1.85 bits per heavy atom. The maximum atomic E-state index is 10.7. The lowest BCUT2D eigenvalue weighted by atomic mass is 10.2. The highest BCUT2D eigenvalue weighted by Gasteiger charge is 2.38. The molecule has 0 fully saturated rings. The van der Waals surface area contributed by atoms with Gasteiger partial charge in [0.1, 0.15) is 11.4 Å². The van der Waals surface area contributed by atoms with Crippen LogP contribution >= 0.6 is 0 Å². The first kappa shape index (κ1) is 14.7. The molecule has 0 aliphatic heterocycles. The zero-order valence-corrected chi connectivity index (χ0v) is 13.7. The molecule has 0 saturated carbocycles. The average molecular weight is 287 g/mol. The molecule has 2 aromatic rings. The standard InChI is InChI=1S/C16H21NO2Si/c1-16(2,3)20(4,5)19-14-8-9-15-12(10-14)6-7-13(11-18)17-15/h6-11H,1-5H3. The molecule has 1 heterocycles. The molecule has 0 spiro atoms. The molecule has 1 aromatic carbocycles. The van der Waals surface area contributed by atoms with Gasteiger partial charge in [0.05, 0.1) is 5.52 Å². The summed E-state index contributed by atoms with van der Waals surface area (Å²) in [6.45, 7) is 11.1. The molecule has 0 atom stereocenters. The van der Waals surface area contributed by atoms with E-state index in [9.17, 15) is 4.79 Å². The van der Waals surface area contributed by atoms with E-state index in [4.69, 9.17) is 4.43 Å². The summed E-state index contributed by atoms with van der Waals surface area (Å²) in [5.74, 6) is 0.879. The summed E-state index contributed by atoms with van der Waals surface area (Å²) in [5, 5.41) is 1.16. The molecule has 0 aliphatic rings. The van der Waals surface area contributed by atoms with E-state index in [1.54, 1.807) is 6.07 Å². The van der Waals surface area contributed by atoms with E-state index in [0.717, 1.165) is 22.9 Å². The molecular weight excluding hydrogens is 266 g/mol. The normalized spacial score (nSPS) is 12.4. The van der Waals surface area contributed by atoms with Crippen LogP contribution in [0.1, 0.15) is 31.3 Å². The van der Waals surface area contributed by atoms with Crippen molar-refractivity contribution >= 4 is 25.5 Å². The van der Waals surface area contributed by atoms with Crippen molar-refractivity contribution in [3.8, 4) is 5.75 Å². The van der Waals surface area contributed by atoms with E-state index in [2.05, 4.69) is 38.8 Å². The summed E-state index contributed by atoms with van der Waals surface area (Å²) in [5.41, 5.74) is 1.27. The van der Waals surface area contributed by atoms with Crippen LogP contribution in [0.2, 0.25) is 18.1 Å². The van der Waals surface area contributed by atoms with Gasteiger partial charge in [0.2, 0.25) is 8.32 Å². The third-order valence-electron chi connectivity index (χ3n) is 3.98. The minimum absolute atomic E-state index is 0.168. The fourth-order valence-corrected chi connectivity index (χ4v) is 2.72. The van der Waals surface area contributed by atoms with Crippen LogP contribution in [0.15, 0.2) is 30.3 Å². The molecule has 4 heteroatoms. The first-order chi connectivity index (χ1) is 9.23. The maximum Gasteiger partial charge on any atom is 0.250 e. The fourth-order valence-electron chi connectivity index (χ4n) is 1.70. The molecule has 1 aromatic heterocycles. The number of carbonyl (C=O) groups excluding carboxylic acids is 1. The van der Waals surface area contributed by atoms with Gasteiger partial charge in [0.25, 0.3) is 0 Å². The highest BCUT2D eigenvalue weighted by atomic mass is 28.4. The third-order valence-corrected chi connectivity index (χ3v) is 8.34. The quantitative estimate of drug-likeness (QED) is 0.619. The lowest BCUT2D eigenvalue weighted by Gasteiger charge is -2.36. The van der Waals surface area contributed by atoms with Gasteiger partial charge in [0.15, 0.2) is 6.29 Å². The summed E-state index contributed by atoms with van der Waals surface area (Å²) in [7, 11) is -1.83. The van der Waals surface area contributed by atoms with Gasteiger partial charge in [-0.05, 0) is 42.4 Å². The SMILES string of the molecule is CC(C)(C)[Si](C)(C)Oc1ccc2nc(C=O)ccc2c1. The van der Waals surface area contributed by atoms with Crippen LogP contribution in [-0.2, 0) is 0 Å². The Labute approximate surface area is 121 Å². The Bertz CT molecular complexity index is 644. The van der Waals surface area contributed by atoms with Gasteiger partial charge in [-0.25, -0.2) is 4.98 Å². The van der Waals surface area contributed by atoms with Crippen LogP contribution in [0.5, 0.6) is 5.75 Å². The van der Waals surface area contributed by atoms with Crippen molar-refractivity contribution in [3.63, 3.8) is 0 Å². The Kier molecular flexibility index (Phi) is 3.69. The van der Waals surface area contributed by atoms with Crippen molar-refractivity contribution in [2.24, 2.45) is 0 Å². The summed E-state index contributed by atoms with van der Waals surface area (Å²) in [4.78, 5) is 15.0. The van der Waals surface area contributed by atoms with E-state index >= 15 is 0 Å². The predicted molar refractivity (Wildman–Crippen MR) is 85.0 cm³/mol. The molecule has 0 aliphatic carbocycles. The molecule has 0 amide bonds. The number of benzene rings is 1. The van der Waals surface area contributed by atoms with Crippen LogP contribution in [0.4, 0.5) is 0 Å². The number of hydrogen-bond donors (Lipinski definition) is 0. The second kappa shape index (κ2) is 5.02. The van der Waals surface area contributed by atoms with Crippen molar-refractivity contribution in [2.75, 3.05) is 0 Å². The first-order valence-corrected chi connectivity index (χ1v) is 9.69. The van der Waals surface area contributed by atoms with Crippen LogP contribution in [0.3, 0.4) is 0 Å². The minimum atomic E-state index is -1.83. The third kappa shape index (κ3) is 2.90. The van der Waals surface area contributed by atoms with Crippen molar-refractivity contribution in [1.82, 2.24) is 4.98 Å². The zero-order valence-electron chi connectivity index (χ0n) is 12.7. The molecule has 0 radical (unpaired) electrons. The zero-order chi connectivity index (χ0) is 15.0. The average Bonchev–Trinajstić information content (AvgIpc) is 2.36. The van der Waals surface area contributed by atoms with Gasteiger partial charge < -0.3 is 4.43 Å². The van der Waals surface area contributed by atoms with Crippen LogP contribution in [0, 0.1) is 0 Å². The Morgan fingerprint density at radius 1 is 1.15 bits per heavy atom. The van der Waals surface area contributed by atoms with Gasteiger partial charge in [0, 0.05) is 5.39 Å². The second-order valence-corrected chi connectivity index (χ2v) is 11.3. The number of aromatic nitrogens is 1. The predicted octanol–water partition coefficient (Wildman–Crippen LogP) is 4.43. The topological polar surface area (TPSA) is 39.2 Å². The number of carbonyl (C=O) groups is 1. The summed E-state index contributed by atoms with van der Waals surface area (Å²) in [6, 6.07) is 9.47. The highest BCUT2D eigenvalue weighted by molar-refractivity contribution is 6.74.